The Morgan fingerprint density at radius 2 is 1.47 bits per heavy atom. The van der Waals surface area contributed by atoms with Crippen LogP contribution in [0.1, 0.15) is 29.3 Å². The topological polar surface area (TPSA) is 70.6 Å². The number of anilines is 1. The first-order valence-corrected chi connectivity index (χ1v) is 9.79. The number of amides is 2. The van der Waals surface area contributed by atoms with E-state index in [2.05, 4.69) is 34.0 Å². The molecule has 2 amide bonds. The molecule has 0 atom stereocenters. The third-order valence-corrected chi connectivity index (χ3v) is 4.92. The zero-order valence-electron chi connectivity index (χ0n) is 16.6. The number of fused-ring (bicyclic) bond motifs is 2. The van der Waals surface area contributed by atoms with Crippen LogP contribution >= 0.6 is 0 Å². The van der Waals surface area contributed by atoms with Crippen molar-refractivity contribution in [2.24, 2.45) is 5.10 Å². The van der Waals surface area contributed by atoms with E-state index in [1.54, 1.807) is 37.4 Å². The van der Waals surface area contributed by atoms with Crippen LogP contribution in [0.4, 0.5) is 5.69 Å². The zero-order valence-corrected chi connectivity index (χ0v) is 16.6. The predicted octanol–water partition coefficient (Wildman–Crippen LogP) is 5.11. The molecule has 0 aromatic heterocycles. The van der Waals surface area contributed by atoms with Crippen molar-refractivity contribution < 1.29 is 9.59 Å². The van der Waals surface area contributed by atoms with Crippen LogP contribution in [-0.2, 0) is 4.79 Å². The van der Waals surface area contributed by atoms with E-state index in [-0.39, 0.29) is 11.8 Å². The highest BCUT2D eigenvalue weighted by Gasteiger charge is 2.07. The molecule has 0 saturated heterocycles. The first-order valence-electron chi connectivity index (χ1n) is 9.79. The number of rotatable bonds is 5. The monoisotopic (exact) mass is 395 g/mol. The fourth-order valence-electron chi connectivity index (χ4n) is 3.36. The fourth-order valence-corrected chi connectivity index (χ4v) is 3.36. The van der Waals surface area contributed by atoms with Gasteiger partial charge in [-0.25, -0.2) is 5.43 Å². The molecule has 30 heavy (non-hydrogen) atoms. The largest absolute Gasteiger partial charge is 0.326 e. The number of hydrogen-bond donors (Lipinski definition) is 2. The quantitative estimate of drug-likeness (QED) is 0.280. The van der Waals surface area contributed by atoms with E-state index in [0.717, 1.165) is 27.1 Å². The van der Waals surface area contributed by atoms with Gasteiger partial charge in [0.15, 0.2) is 0 Å². The fraction of sp³-hybridized carbons (Fsp3) is 0.0800. The van der Waals surface area contributed by atoms with Crippen LogP contribution in [0.5, 0.6) is 0 Å². The second-order valence-electron chi connectivity index (χ2n) is 6.91. The van der Waals surface area contributed by atoms with E-state index in [0.29, 0.717) is 17.7 Å². The predicted molar refractivity (Wildman–Crippen MR) is 122 cm³/mol. The summed E-state index contributed by atoms with van der Waals surface area (Å²) in [5, 5.41) is 11.4. The van der Waals surface area contributed by atoms with Gasteiger partial charge >= 0.3 is 0 Å². The third-order valence-electron chi connectivity index (χ3n) is 4.92. The summed E-state index contributed by atoms with van der Waals surface area (Å²) in [6.07, 6.45) is 2.10. The van der Waals surface area contributed by atoms with Crippen molar-refractivity contribution in [3.63, 3.8) is 0 Å². The van der Waals surface area contributed by atoms with Gasteiger partial charge in [-0.3, -0.25) is 9.59 Å². The first kappa shape index (κ1) is 19.3. The van der Waals surface area contributed by atoms with Crippen LogP contribution < -0.4 is 10.7 Å². The summed E-state index contributed by atoms with van der Waals surface area (Å²) in [5.41, 5.74) is 4.67. The lowest BCUT2D eigenvalue weighted by Crippen LogP contribution is -2.17. The molecule has 4 aromatic rings. The summed E-state index contributed by atoms with van der Waals surface area (Å²) in [7, 11) is 0. The highest BCUT2D eigenvalue weighted by molar-refractivity contribution is 6.13. The zero-order chi connectivity index (χ0) is 20.9. The molecule has 0 bridgehead atoms. The molecule has 148 valence electrons. The van der Waals surface area contributed by atoms with E-state index in [9.17, 15) is 9.59 Å². The van der Waals surface area contributed by atoms with Gasteiger partial charge in [-0.15, -0.1) is 0 Å². The summed E-state index contributed by atoms with van der Waals surface area (Å²) in [6, 6.07) is 25.1. The van der Waals surface area contributed by atoms with Crippen LogP contribution in [-0.4, -0.2) is 18.0 Å². The van der Waals surface area contributed by atoms with E-state index in [4.69, 9.17) is 0 Å². The number of carbonyl (C=O) groups is 2. The number of nitrogens with zero attached hydrogens (tertiary/aromatic N) is 1. The van der Waals surface area contributed by atoms with Gasteiger partial charge in [-0.05, 0) is 51.9 Å². The molecular weight excluding hydrogens is 374 g/mol. The first-order chi connectivity index (χ1) is 14.7. The Hall–Kier alpha value is -3.99. The maximum atomic E-state index is 12.4. The summed E-state index contributed by atoms with van der Waals surface area (Å²) in [4.78, 5) is 23.9. The molecule has 2 N–H and O–H groups in total. The Kier molecular flexibility index (Phi) is 5.52. The molecule has 4 aromatic carbocycles. The molecule has 0 radical (unpaired) electrons. The molecule has 0 fully saturated rings. The van der Waals surface area contributed by atoms with Gasteiger partial charge in [0, 0.05) is 23.2 Å². The lowest BCUT2D eigenvalue weighted by Gasteiger charge is -2.08. The van der Waals surface area contributed by atoms with Crippen LogP contribution in [0.2, 0.25) is 0 Å². The molecule has 5 nitrogen and oxygen atoms in total. The molecule has 0 aliphatic carbocycles. The van der Waals surface area contributed by atoms with E-state index in [1.165, 1.54) is 0 Å². The minimum atomic E-state index is -0.316. The maximum absolute atomic E-state index is 12.4. The molecule has 0 aliphatic heterocycles. The summed E-state index contributed by atoms with van der Waals surface area (Å²) in [6.45, 7) is 1.79. The maximum Gasteiger partial charge on any atom is 0.271 e. The minimum absolute atomic E-state index is 0.0703. The lowest BCUT2D eigenvalue weighted by molar-refractivity contribution is -0.115. The molecule has 0 unspecified atom stereocenters. The second kappa shape index (κ2) is 8.57. The van der Waals surface area contributed by atoms with Gasteiger partial charge in [-0.1, -0.05) is 55.5 Å². The number of carbonyl (C=O) groups excluding carboxylic acids is 2. The van der Waals surface area contributed by atoms with Crippen molar-refractivity contribution in [1.82, 2.24) is 5.43 Å². The van der Waals surface area contributed by atoms with E-state index in [1.807, 2.05) is 36.4 Å². The van der Waals surface area contributed by atoms with E-state index >= 15 is 0 Å². The lowest BCUT2D eigenvalue weighted by atomic mass is 9.97. The third kappa shape index (κ3) is 4.05. The highest BCUT2D eigenvalue weighted by atomic mass is 16.2. The van der Waals surface area contributed by atoms with Crippen molar-refractivity contribution in [1.29, 1.82) is 0 Å². The van der Waals surface area contributed by atoms with E-state index < -0.39 is 0 Å². The number of benzene rings is 4. The number of hydrazone groups is 1. The van der Waals surface area contributed by atoms with Gasteiger partial charge in [-0.2, -0.15) is 5.10 Å². The Labute approximate surface area is 174 Å². The second-order valence-corrected chi connectivity index (χ2v) is 6.91. The standard InChI is InChI=1S/C25H21N3O2/c1-2-24(29)27-20-13-11-17(12-14-20)25(30)28-26-16-23-21-9-5-3-7-18(21)15-19-8-4-6-10-22(19)23/h3-16H,2H2,1H3,(H,27,29)(H,28,30)/b26-16+. The Morgan fingerprint density at radius 1 is 0.867 bits per heavy atom. The van der Waals surface area contributed by atoms with Crippen molar-refractivity contribution in [3.8, 4) is 0 Å². The summed E-state index contributed by atoms with van der Waals surface area (Å²) < 4.78 is 0. The summed E-state index contributed by atoms with van der Waals surface area (Å²) >= 11 is 0. The molecule has 0 heterocycles. The average molecular weight is 395 g/mol. The molecule has 0 saturated carbocycles. The minimum Gasteiger partial charge on any atom is -0.326 e. The van der Waals surface area contributed by atoms with Gasteiger partial charge in [0.2, 0.25) is 5.91 Å². The summed E-state index contributed by atoms with van der Waals surface area (Å²) in [5.74, 6) is -0.386. The Balaban J connectivity index is 1.56. The van der Waals surface area contributed by atoms with Crippen molar-refractivity contribution in [3.05, 3.63) is 90.0 Å². The molecule has 0 aliphatic rings. The van der Waals surface area contributed by atoms with Crippen molar-refractivity contribution >= 4 is 45.3 Å². The van der Waals surface area contributed by atoms with Crippen LogP contribution in [0.15, 0.2) is 84.0 Å². The van der Waals surface area contributed by atoms with Crippen molar-refractivity contribution in [2.75, 3.05) is 5.32 Å². The molecule has 0 spiro atoms. The molecule has 4 rings (SSSR count). The van der Waals surface area contributed by atoms with Crippen LogP contribution in [0.25, 0.3) is 21.5 Å². The van der Waals surface area contributed by atoms with Gasteiger partial charge in [0.1, 0.15) is 0 Å². The SMILES string of the molecule is CCC(=O)Nc1ccc(C(=O)N/N=C/c2c3ccccc3cc3ccccc23)cc1. The van der Waals surface area contributed by atoms with Gasteiger partial charge in [0.25, 0.3) is 5.91 Å². The van der Waals surface area contributed by atoms with Gasteiger partial charge < -0.3 is 5.32 Å². The Bertz CT molecular complexity index is 1210. The van der Waals surface area contributed by atoms with Crippen molar-refractivity contribution in [2.45, 2.75) is 13.3 Å². The number of hydrogen-bond acceptors (Lipinski definition) is 3. The average Bonchev–Trinajstić information content (AvgIpc) is 2.78. The van der Waals surface area contributed by atoms with Crippen LogP contribution in [0.3, 0.4) is 0 Å². The highest BCUT2D eigenvalue weighted by Crippen LogP contribution is 2.27. The molecular formula is C25H21N3O2. The molecule has 5 heteroatoms. The Morgan fingerprint density at radius 3 is 2.07 bits per heavy atom. The van der Waals surface area contributed by atoms with Gasteiger partial charge in [0.05, 0.1) is 6.21 Å². The smallest absolute Gasteiger partial charge is 0.271 e. The van der Waals surface area contributed by atoms with Crippen LogP contribution in [0, 0.1) is 0 Å². The normalized spacial score (nSPS) is 11.1. The number of nitrogens with one attached hydrogen (secondary N) is 2.